The molecule has 19 heavy (non-hydrogen) atoms. The van der Waals surface area contributed by atoms with E-state index in [0.717, 1.165) is 36.3 Å². The maximum absolute atomic E-state index is 9.94. The average Bonchev–Trinajstić information content (AvgIpc) is 2.46. The maximum atomic E-state index is 9.94. The summed E-state index contributed by atoms with van der Waals surface area (Å²) >= 11 is 0. The van der Waals surface area contributed by atoms with Gasteiger partial charge in [-0.2, -0.15) is 0 Å². The van der Waals surface area contributed by atoms with Gasteiger partial charge < -0.3 is 19.9 Å². The minimum atomic E-state index is -0.224. The number of ether oxygens (including phenoxy) is 2. The fourth-order valence-electron chi connectivity index (χ4n) is 2.59. The number of methoxy groups -OCH3 is 2. The molecule has 1 aromatic rings. The first-order valence-corrected chi connectivity index (χ1v) is 6.87. The van der Waals surface area contributed by atoms with Gasteiger partial charge in [0.2, 0.25) is 0 Å². The first kappa shape index (κ1) is 14.2. The van der Waals surface area contributed by atoms with E-state index in [9.17, 15) is 5.11 Å². The van der Waals surface area contributed by atoms with Gasteiger partial charge in [0.25, 0.3) is 0 Å². The van der Waals surface area contributed by atoms with Crippen LogP contribution in [-0.4, -0.2) is 31.5 Å². The third-order valence-corrected chi connectivity index (χ3v) is 3.78. The quantitative estimate of drug-likeness (QED) is 0.856. The standard InChI is InChI=1S/C15H23NO3/c1-18-12-8-7-11(15(9-12)19-2)10-16-13-5-3-4-6-14(13)17/h7-9,13-14,16-17H,3-6,10H2,1-2H3/t13-,14+/m0/s1. The first-order chi connectivity index (χ1) is 9.24. The van der Waals surface area contributed by atoms with E-state index in [-0.39, 0.29) is 12.1 Å². The van der Waals surface area contributed by atoms with Gasteiger partial charge in [0, 0.05) is 24.2 Å². The van der Waals surface area contributed by atoms with E-state index in [1.165, 1.54) is 6.42 Å². The number of hydrogen-bond donors (Lipinski definition) is 2. The molecule has 106 valence electrons. The van der Waals surface area contributed by atoms with E-state index in [0.29, 0.717) is 6.54 Å². The van der Waals surface area contributed by atoms with Crippen LogP contribution >= 0.6 is 0 Å². The minimum Gasteiger partial charge on any atom is -0.497 e. The van der Waals surface area contributed by atoms with E-state index in [2.05, 4.69) is 5.32 Å². The van der Waals surface area contributed by atoms with E-state index in [1.807, 2.05) is 18.2 Å². The summed E-state index contributed by atoms with van der Waals surface area (Å²) in [5.74, 6) is 1.61. The lowest BCUT2D eigenvalue weighted by Crippen LogP contribution is -2.41. The summed E-state index contributed by atoms with van der Waals surface area (Å²) < 4.78 is 10.6. The highest BCUT2D eigenvalue weighted by Gasteiger charge is 2.22. The molecule has 0 aliphatic heterocycles. The number of nitrogens with one attached hydrogen (secondary N) is 1. The molecule has 1 saturated carbocycles. The zero-order valence-electron chi connectivity index (χ0n) is 11.7. The summed E-state index contributed by atoms with van der Waals surface area (Å²) in [6.45, 7) is 0.703. The molecule has 1 aromatic carbocycles. The van der Waals surface area contributed by atoms with Crippen molar-refractivity contribution in [2.45, 2.75) is 44.4 Å². The molecule has 0 unspecified atom stereocenters. The summed E-state index contributed by atoms with van der Waals surface area (Å²) in [7, 11) is 3.30. The molecule has 0 saturated heterocycles. The zero-order chi connectivity index (χ0) is 13.7. The third kappa shape index (κ3) is 3.61. The fourth-order valence-corrected chi connectivity index (χ4v) is 2.59. The molecule has 0 spiro atoms. The topological polar surface area (TPSA) is 50.7 Å². The molecule has 0 bridgehead atoms. The van der Waals surface area contributed by atoms with Crippen molar-refractivity contribution in [1.29, 1.82) is 0 Å². The van der Waals surface area contributed by atoms with Gasteiger partial charge in [0.1, 0.15) is 11.5 Å². The summed E-state index contributed by atoms with van der Waals surface area (Å²) in [4.78, 5) is 0. The lowest BCUT2D eigenvalue weighted by molar-refractivity contribution is 0.0901. The highest BCUT2D eigenvalue weighted by molar-refractivity contribution is 5.40. The lowest BCUT2D eigenvalue weighted by Gasteiger charge is -2.28. The van der Waals surface area contributed by atoms with E-state index >= 15 is 0 Å². The van der Waals surface area contributed by atoms with Gasteiger partial charge in [-0.1, -0.05) is 18.9 Å². The van der Waals surface area contributed by atoms with E-state index in [4.69, 9.17) is 9.47 Å². The van der Waals surface area contributed by atoms with Gasteiger partial charge in [-0.25, -0.2) is 0 Å². The molecule has 1 fully saturated rings. The Labute approximate surface area is 114 Å². The van der Waals surface area contributed by atoms with Crippen molar-refractivity contribution in [3.63, 3.8) is 0 Å². The monoisotopic (exact) mass is 265 g/mol. The van der Waals surface area contributed by atoms with Crippen molar-refractivity contribution in [3.05, 3.63) is 23.8 Å². The Balaban J connectivity index is 1.98. The average molecular weight is 265 g/mol. The Morgan fingerprint density at radius 1 is 1.21 bits per heavy atom. The molecule has 4 heteroatoms. The fraction of sp³-hybridized carbons (Fsp3) is 0.600. The number of hydrogen-bond acceptors (Lipinski definition) is 4. The summed E-state index contributed by atoms with van der Waals surface area (Å²) in [5, 5.41) is 13.4. The van der Waals surface area contributed by atoms with Gasteiger partial charge in [0.15, 0.2) is 0 Å². The van der Waals surface area contributed by atoms with Crippen LogP contribution in [0.4, 0.5) is 0 Å². The SMILES string of the molecule is COc1ccc(CN[C@H]2CCCC[C@H]2O)c(OC)c1. The van der Waals surface area contributed by atoms with Crippen molar-refractivity contribution in [3.8, 4) is 11.5 Å². The predicted molar refractivity (Wildman–Crippen MR) is 74.6 cm³/mol. The van der Waals surface area contributed by atoms with Crippen LogP contribution in [0.15, 0.2) is 18.2 Å². The minimum absolute atomic E-state index is 0.195. The number of benzene rings is 1. The smallest absolute Gasteiger partial charge is 0.127 e. The predicted octanol–water partition coefficient (Wildman–Crippen LogP) is 2.10. The van der Waals surface area contributed by atoms with Crippen LogP contribution in [0.25, 0.3) is 0 Å². The van der Waals surface area contributed by atoms with Gasteiger partial charge >= 0.3 is 0 Å². The summed E-state index contributed by atoms with van der Waals surface area (Å²) in [5.41, 5.74) is 1.08. The van der Waals surface area contributed by atoms with Crippen LogP contribution in [0.2, 0.25) is 0 Å². The molecule has 2 atom stereocenters. The molecule has 2 N–H and O–H groups in total. The second-order valence-corrected chi connectivity index (χ2v) is 5.02. The molecule has 0 amide bonds. The Morgan fingerprint density at radius 3 is 2.68 bits per heavy atom. The van der Waals surface area contributed by atoms with Crippen LogP contribution in [-0.2, 0) is 6.54 Å². The van der Waals surface area contributed by atoms with Crippen molar-refractivity contribution >= 4 is 0 Å². The van der Waals surface area contributed by atoms with E-state index < -0.39 is 0 Å². The second kappa shape index (κ2) is 6.78. The summed E-state index contributed by atoms with van der Waals surface area (Å²) in [6.07, 6.45) is 4.04. The van der Waals surface area contributed by atoms with Crippen molar-refractivity contribution in [2.75, 3.05) is 14.2 Å². The Hall–Kier alpha value is -1.26. The second-order valence-electron chi connectivity index (χ2n) is 5.02. The molecular weight excluding hydrogens is 242 g/mol. The molecule has 2 rings (SSSR count). The molecule has 1 aliphatic rings. The number of aliphatic hydroxyl groups is 1. The van der Waals surface area contributed by atoms with Crippen LogP contribution in [0.1, 0.15) is 31.2 Å². The number of rotatable bonds is 5. The lowest BCUT2D eigenvalue weighted by atomic mass is 9.92. The Kier molecular flexibility index (Phi) is 5.05. The van der Waals surface area contributed by atoms with Crippen molar-refractivity contribution in [1.82, 2.24) is 5.32 Å². The Morgan fingerprint density at radius 2 is 2.00 bits per heavy atom. The normalized spacial score (nSPS) is 23.1. The van der Waals surface area contributed by atoms with E-state index in [1.54, 1.807) is 14.2 Å². The molecule has 0 heterocycles. The highest BCUT2D eigenvalue weighted by Crippen LogP contribution is 2.25. The first-order valence-electron chi connectivity index (χ1n) is 6.87. The van der Waals surface area contributed by atoms with Gasteiger partial charge in [0.05, 0.1) is 20.3 Å². The highest BCUT2D eigenvalue weighted by atomic mass is 16.5. The maximum Gasteiger partial charge on any atom is 0.127 e. The largest absolute Gasteiger partial charge is 0.497 e. The molecule has 0 radical (unpaired) electrons. The van der Waals surface area contributed by atoms with Gasteiger partial charge in [-0.15, -0.1) is 0 Å². The van der Waals surface area contributed by atoms with Crippen LogP contribution in [0.3, 0.4) is 0 Å². The van der Waals surface area contributed by atoms with Crippen molar-refractivity contribution in [2.24, 2.45) is 0 Å². The van der Waals surface area contributed by atoms with Crippen molar-refractivity contribution < 1.29 is 14.6 Å². The molecule has 1 aliphatic carbocycles. The third-order valence-electron chi connectivity index (χ3n) is 3.78. The summed E-state index contributed by atoms with van der Waals surface area (Å²) in [6, 6.07) is 6.01. The zero-order valence-corrected chi connectivity index (χ0v) is 11.7. The van der Waals surface area contributed by atoms with Crippen LogP contribution in [0, 0.1) is 0 Å². The Bertz CT molecular complexity index is 408. The molecule has 0 aromatic heterocycles. The van der Waals surface area contributed by atoms with Crippen LogP contribution < -0.4 is 14.8 Å². The van der Waals surface area contributed by atoms with Crippen LogP contribution in [0.5, 0.6) is 11.5 Å². The van der Waals surface area contributed by atoms with Gasteiger partial charge in [-0.05, 0) is 18.9 Å². The molecule has 4 nitrogen and oxygen atoms in total. The molecular formula is C15H23NO3. The van der Waals surface area contributed by atoms with Gasteiger partial charge in [-0.3, -0.25) is 0 Å². The number of aliphatic hydroxyl groups excluding tert-OH is 1.